The standard InChI is InChI=1S/C22H24N4S3/c1-13(2)26-20(19-12-27-16(5)15(19)4)24-25-22(26)29-11-17-10-28-21(23-17)18-9-7-6-8-14(18)3/h6-10,12-13H,11H2,1-5H3. The van der Waals surface area contributed by atoms with Crippen LogP contribution in [0.4, 0.5) is 0 Å². The molecule has 4 aromatic rings. The van der Waals surface area contributed by atoms with Gasteiger partial charge in [-0.25, -0.2) is 4.98 Å². The molecule has 0 amide bonds. The molecule has 0 bridgehead atoms. The Hall–Kier alpha value is -1.96. The summed E-state index contributed by atoms with van der Waals surface area (Å²) in [7, 11) is 0. The van der Waals surface area contributed by atoms with Crippen LogP contribution in [-0.4, -0.2) is 19.7 Å². The van der Waals surface area contributed by atoms with Crippen molar-refractivity contribution in [3.05, 3.63) is 56.7 Å². The van der Waals surface area contributed by atoms with E-state index >= 15 is 0 Å². The third-order valence-corrected chi connectivity index (χ3v) is 7.90. The minimum Gasteiger partial charge on any atom is -0.299 e. The molecular formula is C22H24N4S3. The molecule has 0 unspecified atom stereocenters. The summed E-state index contributed by atoms with van der Waals surface area (Å²) in [5.41, 5.74) is 6.04. The summed E-state index contributed by atoms with van der Waals surface area (Å²) in [6.07, 6.45) is 0. The van der Waals surface area contributed by atoms with E-state index in [0.29, 0.717) is 6.04 Å². The highest BCUT2D eigenvalue weighted by Gasteiger charge is 2.20. The molecule has 29 heavy (non-hydrogen) atoms. The zero-order chi connectivity index (χ0) is 20.5. The summed E-state index contributed by atoms with van der Waals surface area (Å²) in [6, 6.07) is 8.69. The lowest BCUT2D eigenvalue weighted by molar-refractivity contribution is 0.555. The molecule has 150 valence electrons. The number of thioether (sulfide) groups is 1. The maximum Gasteiger partial charge on any atom is 0.192 e. The summed E-state index contributed by atoms with van der Waals surface area (Å²) < 4.78 is 2.24. The minimum absolute atomic E-state index is 0.292. The molecule has 3 heterocycles. The molecule has 4 rings (SSSR count). The van der Waals surface area contributed by atoms with Crippen LogP contribution in [0.3, 0.4) is 0 Å². The lowest BCUT2D eigenvalue weighted by atomic mass is 10.1. The summed E-state index contributed by atoms with van der Waals surface area (Å²) in [5.74, 6) is 1.75. The molecule has 0 fully saturated rings. The minimum atomic E-state index is 0.292. The highest BCUT2D eigenvalue weighted by atomic mass is 32.2. The van der Waals surface area contributed by atoms with Gasteiger partial charge in [-0.1, -0.05) is 36.0 Å². The SMILES string of the molecule is Cc1ccccc1-c1nc(CSc2nnc(-c3csc(C)c3C)n2C(C)C)cs1. The van der Waals surface area contributed by atoms with E-state index in [9.17, 15) is 0 Å². The molecule has 0 aliphatic carbocycles. The number of nitrogens with zero attached hydrogens (tertiary/aromatic N) is 4. The van der Waals surface area contributed by atoms with Gasteiger partial charge in [0.05, 0.1) is 5.69 Å². The van der Waals surface area contributed by atoms with Gasteiger partial charge in [-0.15, -0.1) is 32.9 Å². The van der Waals surface area contributed by atoms with Gasteiger partial charge >= 0.3 is 0 Å². The van der Waals surface area contributed by atoms with Crippen LogP contribution in [0.25, 0.3) is 22.0 Å². The second kappa shape index (κ2) is 8.42. The smallest absolute Gasteiger partial charge is 0.192 e. The zero-order valence-electron chi connectivity index (χ0n) is 17.3. The fourth-order valence-electron chi connectivity index (χ4n) is 3.21. The van der Waals surface area contributed by atoms with Crippen molar-refractivity contribution in [3.63, 3.8) is 0 Å². The zero-order valence-corrected chi connectivity index (χ0v) is 19.7. The molecule has 4 nitrogen and oxygen atoms in total. The molecule has 7 heteroatoms. The molecule has 0 N–H and O–H groups in total. The first-order valence-electron chi connectivity index (χ1n) is 9.59. The number of hydrogen-bond acceptors (Lipinski definition) is 6. The summed E-state index contributed by atoms with van der Waals surface area (Å²) in [4.78, 5) is 6.19. The van der Waals surface area contributed by atoms with Crippen LogP contribution in [0.1, 0.15) is 41.6 Å². The molecule has 3 aromatic heterocycles. The molecule has 0 atom stereocenters. The van der Waals surface area contributed by atoms with Crippen molar-refractivity contribution in [2.45, 2.75) is 51.6 Å². The number of thiazole rings is 1. The molecule has 0 radical (unpaired) electrons. The number of benzene rings is 1. The third kappa shape index (κ3) is 4.04. The number of hydrogen-bond donors (Lipinski definition) is 0. The Labute approximate surface area is 184 Å². The van der Waals surface area contributed by atoms with E-state index in [1.807, 2.05) is 0 Å². The highest BCUT2D eigenvalue weighted by Crippen LogP contribution is 2.35. The Balaban J connectivity index is 1.57. The number of rotatable bonds is 6. The van der Waals surface area contributed by atoms with E-state index in [0.717, 1.165) is 27.4 Å². The van der Waals surface area contributed by atoms with Gasteiger partial charge in [0.2, 0.25) is 0 Å². The van der Waals surface area contributed by atoms with E-state index in [1.165, 1.54) is 27.1 Å². The van der Waals surface area contributed by atoms with Crippen LogP contribution in [-0.2, 0) is 5.75 Å². The average Bonchev–Trinajstić information content (AvgIpc) is 3.40. The van der Waals surface area contributed by atoms with E-state index in [-0.39, 0.29) is 0 Å². The topological polar surface area (TPSA) is 43.6 Å². The summed E-state index contributed by atoms with van der Waals surface area (Å²) in [5, 5.41) is 15.4. The third-order valence-electron chi connectivity index (χ3n) is 4.98. The van der Waals surface area contributed by atoms with Crippen LogP contribution in [0, 0.1) is 20.8 Å². The normalized spacial score (nSPS) is 11.5. The largest absolute Gasteiger partial charge is 0.299 e. The van der Waals surface area contributed by atoms with E-state index in [1.54, 1.807) is 34.4 Å². The molecular weight excluding hydrogens is 416 g/mol. The van der Waals surface area contributed by atoms with E-state index in [2.05, 4.69) is 84.4 Å². The Morgan fingerprint density at radius 3 is 2.48 bits per heavy atom. The summed E-state index contributed by atoms with van der Waals surface area (Å²) in [6.45, 7) is 10.8. The number of thiophene rings is 1. The fourth-order valence-corrected chi connectivity index (χ4v) is 6.05. The predicted octanol–water partition coefficient (Wildman–Crippen LogP) is 6.93. The first-order chi connectivity index (χ1) is 14.0. The van der Waals surface area contributed by atoms with E-state index in [4.69, 9.17) is 4.98 Å². The Morgan fingerprint density at radius 1 is 1.00 bits per heavy atom. The van der Waals surface area contributed by atoms with Gasteiger partial charge in [-0.2, -0.15) is 0 Å². The van der Waals surface area contributed by atoms with Gasteiger partial charge in [-0.3, -0.25) is 4.57 Å². The second-order valence-electron chi connectivity index (χ2n) is 7.35. The first kappa shape index (κ1) is 20.3. The van der Waals surface area contributed by atoms with Crippen LogP contribution in [0.15, 0.2) is 40.2 Å². The van der Waals surface area contributed by atoms with Crippen LogP contribution in [0.2, 0.25) is 0 Å². The Kier molecular flexibility index (Phi) is 5.90. The van der Waals surface area contributed by atoms with E-state index < -0.39 is 0 Å². The van der Waals surface area contributed by atoms with Gasteiger partial charge in [0.15, 0.2) is 11.0 Å². The van der Waals surface area contributed by atoms with Gasteiger partial charge in [0.25, 0.3) is 0 Å². The van der Waals surface area contributed by atoms with Crippen LogP contribution >= 0.6 is 34.4 Å². The molecule has 1 aromatic carbocycles. The maximum atomic E-state index is 4.86. The highest BCUT2D eigenvalue weighted by molar-refractivity contribution is 7.98. The number of aromatic nitrogens is 4. The lowest BCUT2D eigenvalue weighted by Gasteiger charge is -2.13. The molecule has 0 aliphatic heterocycles. The van der Waals surface area contributed by atoms with Crippen LogP contribution < -0.4 is 0 Å². The van der Waals surface area contributed by atoms with Gasteiger partial charge in [0.1, 0.15) is 5.01 Å². The lowest BCUT2D eigenvalue weighted by Crippen LogP contribution is -2.05. The fraction of sp³-hybridized carbons (Fsp3) is 0.318. The van der Waals surface area contributed by atoms with Crippen LogP contribution in [0.5, 0.6) is 0 Å². The van der Waals surface area contributed by atoms with Crippen molar-refractivity contribution in [1.29, 1.82) is 0 Å². The Bertz CT molecular complexity index is 1140. The number of aryl methyl sites for hydroxylation is 2. The molecule has 0 spiro atoms. The molecule has 0 aliphatic rings. The first-order valence-corrected chi connectivity index (χ1v) is 12.3. The van der Waals surface area contributed by atoms with Crippen molar-refractivity contribution >= 4 is 34.4 Å². The van der Waals surface area contributed by atoms with Gasteiger partial charge < -0.3 is 0 Å². The van der Waals surface area contributed by atoms with Crippen molar-refractivity contribution in [2.24, 2.45) is 0 Å². The average molecular weight is 441 g/mol. The maximum absolute atomic E-state index is 4.86. The quantitative estimate of drug-likeness (QED) is 0.305. The second-order valence-corrected chi connectivity index (χ2v) is 10.2. The van der Waals surface area contributed by atoms with Crippen molar-refractivity contribution in [2.75, 3.05) is 0 Å². The van der Waals surface area contributed by atoms with Gasteiger partial charge in [-0.05, 0) is 45.7 Å². The van der Waals surface area contributed by atoms with Crippen molar-refractivity contribution < 1.29 is 0 Å². The summed E-state index contributed by atoms with van der Waals surface area (Å²) >= 11 is 5.18. The molecule has 0 saturated carbocycles. The van der Waals surface area contributed by atoms with Crippen molar-refractivity contribution in [3.8, 4) is 22.0 Å². The monoisotopic (exact) mass is 440 g/mol. The Morgan fingerprint density at radius 2 is 1.79 bits per heavy atom. The van der Waals surface area contributed by atoms with Crippen molar-refractivity contribution in [1.82, 2.24) is 19.7 Å². The predicted molar refractivity (Wildman–Crippen MR) is 125 cm³/mol. The van der Waals surface area contributed by atoms with Gasteiger partial charge in [0, 0.05) is 38.6 Å². The molecule has 0 saturated heterocycles.